The molecule has 1 N–H and O–H groups in total. The zero-order valence-corrected chi connectivity index (χ0v) is 24.6. The first-order valence-corrected chi connectivity index (χ1v) is 14.4. The molecule has 1 aliphatic heterocycles. The predicted molar refractivity (Wildman–Crippen MR) is 168 cm³/mol. The summed E-state index contributed by atoms with van der Waals surface area (Å²) in [6.07, 6.45) is 0.152. The van der Waals surface area contributed by atoms with Gasteiger partial charge in [-0.3, -0.25) is 9.59 Å². The molecular formula is C35H37N3O5. The molecule has 1 saturated heterocycles. The van der Waals surface area contributed by atoms with Crippen LogP contribution in [0.5, 0.6) is 11.5 Å². The van der Waals surface area contributed by atoms with Crippen molar-refractivity contribution >= 4 is 23.2 Å². The van der Waals surface area contributed by atoms with E-state index in [4.69, 9.17) is 14.2 Å². The van der Waals surface area contributed by atoms with Crippen LogP contribution < -0.4 is 19.7 Å². The van der Waals surface area contributed by atoms with Crippen molar-refractivity contribution in [1.82, 2.24) is 4.90 Å². The van der Waals surface area contributed by atoms with Gasteiger partial charge in [0.2, 0.25) is 5.91 Å². The lowest BCUT2D eigenvalue weighted by atomic mass is 10.0. The molecular weight excluding hydrogens is 542 g/mol. The lowest BCUT2D eigenvalue weighted by Gasteiger charge is -2.32. The number of morpholine rings is 1. The third-order valence-electron chi connectivity index (χ3n) is 7.51. The molecule has 1 unspecified atom stereocenters. The van der Waals surface area contributed by atoms with Crippen LogP contribution in [0.15, 0.2) is 103 Å². The summed E-state index contributed by atoms with van der Waals surface area (Å²) in [5.74, 6) is 0.508. The number of nitrogens with one attached hydrogen (secondary N) is 1. The number of hydrogen-bond donors (Lipinski definition) is 1. The molecule has 8 heteroatoms. The van der Waals surface area contributed by atoms with Gasteiger partial charge in [-0.1, -0.05) is 66.7 Å². The zero-order valence-electron chi connectivity index (χ0n) is 24.6. The van der Waals surface area contributed by atoms with Crippen molar-refractivity contribution in [2.24, 2.45) is 0 Å². The van der Waals surface area contributed by atoms with E-state index in [0.717, 1.165) is 29.9 Å². The molecule has 43 heavy (non-hydrogen) atoms. The molecule has 0 saturated carbocycles. The summed E-state index contributed by atoms with van der Waals surface area (Å²) in [7, 11) is 3.11. The van der Waals surface area contributed by atoms with E-state index in [9.17, 15) is 9.59 Å². The molecule has 8 nitrogen and oxygen atoms in total. The number of nitrogens with zero attached hydrogens (tertiary/aromatic N) is 2. The Bertz CT molecular complexity index is 1490. The summed E-state index contributed by atoms with van der Waals surface area (Å²) in [4.78, 5) is 32.2. The molecule has 4 aromatic carbocycles. The highest BCUT2D eigenvalue weighted by Crippen LogP contribution is 2.34. The van der Waals surface area contributed by atoms with Gasteiger partial charge in [-0.25, -0.2) is 0 Å². The van der Waals surface area contributed by atoms with Crippen LogP contribution in [0.3, 0.4) is 0 Å². The normalized spacial score (nSPS) is 13.6. The van der Waals surface area contributed by atoms with E-state index < -0.39 is 6.04 Å². The van der Waals surface area contributed by atoms with Gasteiger partial charge in [0, 0.05) is 31.0 Å². The molecule has 0 aliphatic carbocycles. The van der Waals surface area contributed by atoms with Crippen LogP contribution in [0.4, 0.5) is 11.4 Å². The van der Waals surface area contributed by atoms with Crippen LogP contribution >= 0.6 is 0 Å². The van der Waals surface area contributed by atoms with Crippen molar-refractivity contribution in [2.75, 3.05) is 50.7 Å². The average Bonchev–Trinajstić information content (AvgIpc) is 3.06. The number of anilines is 2. The Morgan fingerprint density at radius 2 is 1.44 bits per heavy atom. The molecule has 1 atom stereocenters. The van der Waals surface area contributed by atoms with E-state index in [2.05, 4.69) is 10.2 Å². The van der Waals surface area contributed by atoms with Crippen molar-refractivity contribution in [3.8, 4) is 11.5 Å². The SMILES string of the molecule is COc1ccc(C(C(=O)Nc2ccc(N3CCOCC3)cc2)N(Cc2ccccc2)C(=O)Cc2ccccc2)cc1OC. The van der Waals surface area contributed by atoms with Crippen molar-refractivity contribution in [3.05, 3.63) is 120 Å². The first kappa shape index (κ1) is 29.7. The number of carbonyl (C=O) groups excluding carboxylic acids is 2. The van der Waals surface area contributed by atoms with Gasteiger partial charge in [0.1, 0.15) is 6.04 Å². The Morgan fingerprint density at radius 1 is 0.814 bits per heavy atom. The quantitative estimate of drug-likeness (QED) is 0.253. The fourth-order valence-corrected chi connectivity index (χ4v) is 5.26. The van der Waals surface area contributed by atoms with Crippen molar-refractivity contribution in [2.45, 2.75) is 19.0 Å². The summed E-state index contributed by atoms with van der Waals surface area (Å²) in [6.45, 7) is 3.28. The molecule has 0 spiro atoms. The molecule has 1 aliphatic rings. The third kappa shape index (κ3) is 7.53. The number of ether oxygens (including phenoxy) is 3. The number of hydrogen-bond acceptors (Lipinski definition) is 6. The average molecular weight is 580 g/mol. The summed E-state index contributed by atoms with van der Waals surface area (Å²) in [6, 6.07) is 31.4. The molecule has 5 rings (SSSR count). The van der Waals surface area contributed by atoms with Crippen molar-refractivity contribution in [1.29, 1.82) is 0 Å². The maximum Gasteiger partial charge on any atom is 0.251 e. The smallest absolute Gasteiger partial charge is 0.251 e. The van der Waals surface area contributed by atoms with E-state index in [1.54, 1.807) is 37.3 Å². The molecule has 2 amide bonds. The molecule has 1 fully saturated rings. The molecule has 0 aromatic heterocycles. The van der Waals surface area contributed by atoms with Gasteiger partial charge < -0.3 is 29.3 Å². The van der Waals surface area contributed by atoms with Gasteiger partial charge in [0.05, 0.1) is 33.9 Å². The summed E-state index contributed by atoms with van der Waals surface area (Å²) in [5, 5.41) is 3.07. The topological polar surface area (TPSA) is 80.3 Å². The largest absolute Gasteiger partial charge is 0.493 e. The standard InChI is InChI=1S/C35H37N3O5/c1-41-31-18-13-28(24-32(31)42-2)34(35(40)36-29-14-16-30(17-15-29)37-19-21-43-22-20-37)38(25-27-11-7-4-8-12-27)33(39)23-26-9-5-3-6-10-26/h3-18,24,34H,19-23,25H2,1-2H3,(H,36,40). The van der Waals surface area contributed by atoms with Crippen LogP contribution in [-0.4, -0.2) is 57.2 Å². The minimum absolute atomic E-state index is 0.152. The number of carbonyl (C=O) groups is 2. The Balaban J connectivity index is 1.50. The Labute approximate surface area is 252 Å². The van der Waals surface area contributed by atoms with E-state index in [1.807, 2.05) is 84.9 Å². The monoisotopic (exact) mass is 579 g/mol. The van der Waals surface area contributed by atoms with Crippen molar-refractivity contribution in [3.63, 3.8) is 0 Å². The van der Waals surface area contributed by atoms with E-state index in [1.165, 1.54) is 0 Å². The maximum absolute atomic E-state index is 14.2. The highest BCUT2D eigenvalue weighted by atomic mass is 16.5. The highest BCUT2D eigenvalue weighted by Gasteiger charge is 2.32. The minimum Gasteiger partial charge on any atom is -0.493 e. The van der Waals surface area contributed by atoms with Gasteiger partial charge in [0.15, 0.2) is 11.5 Å². The Kier molecular flexibility index (Phi) is 9.92. The second kappa shape index (κ2) is 14.4. The van der Waals surface area contributed by atoms with Crippen LogP contribution in [0.1, 0.15) is 22.7 Å². The number of rotatable bonds is 11. The van der Waals surface area contributed by atoms with E-state index in [-0.39, 0.29) is 24.8 Å². The second-order valence-electron chi connectivity index (χ2n) is 10.3. The lowest BCUT2D eigenvalue weighted by molar-refractivity contribution is -0.139. The van der Waals surface area contributed by atoms with Crippen LogP contribution in [0.2, 0.25) is 0 Å². The van der Waals surface area contributed by atoms with Crippen LogP contribution in [-0.2, 0) is 27.3 Å². The maximum atomic E-state index is 14.2. The molecule has 4 aromatic rings. The summed E-state index contributed by atoms with van der Waals surface area (Å²) >= 11 is 0. The zero-order chi connectivity index (χ0) is 30.0. The molecule has 0 bridgehead atoms. The molecule has 0 radical (unpaired) electrons. The number of amides is 2. The van der Waals surface area contributed by atoms with Crippen molar-refractivity contribution < 1.29 is 23.8 Å². The predicted octanol–water partition coefficient (Wildman–Crippen LogP) is 5.49. The summed E-state index contributed by atoms with van der Waals surface area (Å²) in [5.41, 5.74) is 4.11. The fourth-order valence-electron chi connectivity index (χ4n) is 5.26. The van der Waals surface area contributed by atoms with Gasteiger partial charge in [-0.2, -0.15) is 0 Å². The van der Waals surface area contributed by atoms with E-state index >= 15 is 0 Å². The number of methoxy groups -OCH3 is 2. The Hall–Kier alpha value is -4.82. The van der Waals surface area contributed by atoms with E-state index in [0.29, 0.717) is 36.0 Å². The third-order valence-corrected chi connectivity index (χ3v) is 7.51. The fraction of sp³-hybridized carbons (Fsp3) is 0.257. The highest BCUT2D eigenvalue weighted by molar-refractivity contribution is 5.98. The van der Waals surface area contributed by atoms with Gasteiger partial charge in [-0.05, 0) is 53.1 Å². The first-order valence-electron chi connectivity index (χ1n) is 14.4. The van der Waals surface area contributed by atoms with Gasteiger partial charge >= 0.3 is 0 Å². The van der Waals surface area contributed by atoms with Gasteiger partial charge in [0.25, 0.3) is 5.91 Å². The molecule has 222 valence electrons. The Morgan fingerprint density at radius 3 is 2.07 bits per heavy atom. The number of benzene rings is 4. The molecule has 1 heterocycles. The lowest BCUT2D eigenvalue weighted by Crippen LogP contribution is -2.41. The van der Waals surface area contributed by atoms with Gasteiger partial charge in [-0.15, -0.1) is 0 Å². The minimum atomic E-state index is -0.949. The second-order valence-corrected chi connectivity index (χ2v) is 10.3. The first-order chi connectivity index (χ1) is 21.1. The van der Waals surface area contributed by atoms with Crippen LogP contribution in [0, 0.1) is 0 Å². The summed E-state index contributed by atoms with van der Waals surface area (Å²) < 4.78 is 16.5. The van der Waals surface area contributed by atoms with Crippen LogP contribution in [0.25, 0.3) is 0 Å².